The van der Waals surface area contributed by atoms with E-state index in [1.807, 2.05) is 20.8 Å². The van der Waals surface area contributed by atoms with E-state index in [9.17, 15) is 8.78 Å². The van der Waals surface area contributed by atoms with Crippen LogP contribution in [0.25, 0.3) is 0 Å². The van der Waals surface area contributed by atoms with E-state index in [4.69, 9.17) is 0 Å². The third-order valence-corrected chi connectivity index (χ3v) is 4.11. The van der Waals surface area contributed by atoms with E-state index in [1.54, 1.807) is 0 Å². The summed E-state index contributed by atoms with van der Waals surface area (Å²) < 4.78 is 29.1. The maximum Gasteiger partial charge on any atom is 0.132 e. The molecule has 1 fully saturated rings. The monoisotopic (exact) mass is 346 g/mol. The van der Waals surface area contributed by atoms with Gasteiger partial charge in [0.25, 0.3) is 0 Å². The second kappa shape index (κ2) is 6.08. The number of hydrogen-bond donors (Lipinski definition) is 1. The molecule has 1 saturated heterocycles. The molecule has 0 aromatic heterocycles. The van der Waals surface area contributed by atoms with E-state index in [0.29, 0.717) is 4.47 Å². The first kappa shape index (κ1) is 15.9. The Morgan fingerprint density at radius 1 is 1.15 bits per heavy atom. The lowest BCUT2D eigenvalue weighted by atomic mass is 9.80. The third-order valence-electron chi connectivity index (χ3n) is 3.65. The molecule has 112 valence electrons. The first-order valence-electron chi connectivity index (χ1n) is 6.90. The summed E-state index contributed by atoms with van der Waals surface area (Å²) in [6, 6.07) is 2.43. The fourth-order valence-electron chi connectivity index (χ4n) is 2.92. The van der Waals surface area contributed by atoms with E-state index in [-0.39, 0.29) is 17.0 Å². The van der Waals surface area contributed by atoms with Crippen molar-refractivity contribution in [3.8, 4) is 0 Å². The number of nitrogens with one attached hydrogen (secondary N) is 1. The molecule has 0 unspecified atom stereocenters. The van der Waals surface area contributed by atoms with E-state index in [1.165, 1.54) is 12.1 Å². The predicted molar refractivity (Wildman–Crippen MR) is 80.7 cm³/mol. The zero-order chi connectivity index (χ0) is 14.9. The van der Waals surface area contributed by atoms with Crippen LogP contribution in [0.3, 0.4) is 0 Å². The van der Waals surface area contributed by atoms with Gasteiger partial charge in [-0.15, -0.1) is 0 Å². The van der Waals surface area contributed by atoms with Crippen molar-refractivity contribution < 1.29 is 8.78 Å². The van der Waals surface area contributed by atoms with E-state index in [2.05, 4.69) is 26.1 Å². The minimum Gasteiger partial charge on any atom is -0.314 e. The van der Waals surface area contributed by atoms with Crippen molar-refractivity contribution in [3.05, 3.63) is 33.8 Å². The smallest absolute Gasteiger partial charge is 0.132 e. The maximum atomic E-state index is 14.3. The molecule has 1 N–H and O–H groups in total. The molecule has 20 heavy (non-hydrogen) atoms. The maximum absolute atomic E-state index is 14.3. The van der Waals surface area contributed by atoms with Crippen LogP contribution in [0.5, 0.6) is 0 Å². The number of benzene rings is 1. The summed E-state index contributed by atoms with van der Waals surface area (Å²) in [4.78, 5) is 2.17. The Hall–Kier alpha value is -0.520. The average Bonchev–Trinajstić information content (AvgIpc) is 2.33. The minimum atomic E-state index is -0.477. The van der Waals surface area contributed by atoms with Gasteiger partial charge in [0.05, 0.1) is 0 Å². The summed E-state index contributed by atoms with van der Waals surface area (Å²) in [5.74, 6) is -0.953. The lowest BCUT2D eigenvalue weighted by Gasteiger charge is -2.42. The molecule has 0 aliphatic carbocycles. The molecule has 0 radical (unpaired) electrons. The van der Waals surface area contributed by atoms with Gasteiger partial charge in [-0.05, 0) is 17.5 Å². The molecule has 1 aliphatic heterocycles. The van der Waals surface area contributed by atoms with Crippen molar-refractivity contribution in [2.24, 2.45) is 5.41 Å². The highest BCUT2D eigenvalue weighted by molar-refractivity contribution is 9.10. The van der Waals surface area contributed by atoms with Gasteiger partial charge >= 0.3 is 0 Å². The Kier molecular flexibility index (Phi) is 4.82. The third kappa shape index (κ3) is 3.38. The van der Waals surface area contributed by atoms with Crippen LogP contribution in [-0.4, -0.2) is 31.1 Å². The van der Waals surface area contributed by atoms with Gasteiger partial charge in [-0.1, -0.05) is 36.7 Å². The average molecular weight is 347 g/mol. The summed E-state index contributed by atoms with van der Waals surface area (Å²) in [5.41, 5.74) is -0.0602. The van der Waals surface area contributed by atoms with Crippen molar-refractivity contribution >= 4 is 15.9 Å². The molecule has 1 aromatic rings. The van der Waals surface area contributed by atoms with Gasteiger partial charge in [-0.2, -0.15) is 0 Å². The lowest BCUT2D eigenvalue weighted by Crippen LogP contribution is -2.48. The molecule has 1 heterocycles. The largest absolute Gasteiger partial charge is 0.314 e. The van der Waals surface area contributed by atoms with Crippen molar-refractivity contribution in [1.82, 2.24) is 10.2 Å². The first-order chi connectivity index (χ1) is 9.30. The molecule has 1 aromatic carbocycles. The van der Waals surface area contributed by atoms with Gasteiger partial charge in [0.1, 0.15) is 11.6 Å². The Labute approximate surface area is 127 Å². The molecule has 1 atom stereocenters. The van der Waals surface area contributed by atoms with Crippen LogP contribution in [-0.2, 0) is 0 Å². The zero-order valence-electron chi connectivity index (χ0n) is 12.1. The van der Waals surface area contributed by atoms with Crippen LogP contribution in [0.15, 0.2) is 16.6 Å². The molecule has 0 amide bonds. The quantitative estimate of drug-likeness (QED) is 0.877. The SMILES string of the molecule is CC(C)(C)[C@@H](c1c(F)cc(Br)cc1F)N1CCNCC1. The number of rotatable bonds is 2. The van der Waals surface area contributed by atoms with Crippen molar-refractivity contribution in [3.63, 3.8) is 0 Å². The molecule has 0 bridgehead atoms. The van der Waals surface area contributed by atoms with Gasteiger partial charge in [0.2, 0.25) is 0 Å². The van der Waals surface area contributed by atoms with Gasteiger partial charge in [0.15, 0.2) is 0 Å². The van der Waals surface area contributed by atoms with Crippen LogP contribution in [0.4, 0.5) is 8.78 Å². The van der Waals surface area contributed by atoms with E-state index < -0.39 is 11.6 Å². The van der Waals surface area contributed by atoms with Crippen LogP contribution < -0.4 is 5.32 Å². The Bertz CT molecular complexity index is 456. The number of piperazine rings is 1. The standard InChI is InChI=1S/C15H21BrF2N2/c1-15(2,3)14(20-6-4-19-5-7-20)13-11(17)8-10(16)9-12(13)18/h8-9,14,19H,4-7H2,1-3H3/t14-/m1/s1. The van der Waals surface area contributed by atoms with Crippen LogP contribution in [0.2, 0.25) is 0 Å². The predicted octanol–water partition coefficient (Wildman–Crippen LogP) is 3.72. The Morgan fingerprint density at radius 2 is 1.65 bits per heavy atom. The van der Waals surface area contributed by atoms with Crippen molar-refractivity contribution in [1.29, 1.82) is 0 Å². The summed E-state index contributed by atoms with van der Waals surface area (Å²) in [6.45, 7) is 9.40. The molecule has 2 rings (SSSR count). The summed E-state index contributed by atoms with van der Waals surface area (Å²) in [5, 5.41) is 3.27. The molecule has 1 aliphatic rings. The van der Waals surface area contributed by atoms with E-state index in [0.717, 1.165) is 26.2 Å². The Balaban J connectivity index is 2.46. The number of hydrogen-bond acceptors (Lipinski definition) is 2. The highest BCUT2D eigenvalue weighted by atomic mass is 79.9. The summed E-state index contributed by atoms with van der Waals surface area (Å²) >= 11 is 3.14. The van der Waals surface area contributed by atoms with Crippen molar-refractivity contribution in [2.75, 3.05) is 26.2 Å². The fraction of sp³-hybridized carbons (Fsp3) is 0.600. The highest BCUT2D eigenvalue weighted by Gasteiger charge is 2.36. The van der Waals surface area contributed by atoms with Gasteiger partial charge in [0, 0.05) is 42.3 Å². The Morgan fingerprint density at radius 3 is 2.10 bits per heavy atom. The first-order valence-corrected chi connectivity index (χ1v) is 7.69. The van der Waals surface area contributed by atoms with Crippen LogP contribution >= 0.6 is 15.9 Å². The molecular formula is C15H21BrF2N2. The van der Waals surface area contributed by atoms with Crippen LogP contribution in [0, 0.1) is 17.0 Å². The molecule has 5 heteroatoms. The summed E-state index contributed by atoms with van der Waals surface area (Å²) in [7, 11) is 0. The normalized spacial score (nSPS) is 19.1. The molecule has 0 saturated carbocycles. The van der Waals surface area contributed by atoms with Gasteiger partial charge in [-0.25, -0.2) is 8.78 Å². The van der Waals surface area contributed by atoms with Gasteiger partial charge < -0.3 is 5.32 Å². The van der Waals surface area contributed by atoms with E-state index >= 15 is 0 Å². The van der Waals surface area contributed by atoms with Crippen LogP contribution in [0.1, 0.15) is 32.4 Å². The summed E-state index contributed by atoms with van der Waals surface area (Å²) in [6.07, 6.45) is 0. The second-order valence-corrected chi connectivity index (χ2v) is 7.25. The number of halogens is 3. The highest BCUT2D eigenvalue weighted by Crippen LogP contribution is 2.41. The molecular weight excluding hydrogens is 326 g/mol. The zero-order valence-corrected chi connectivity index (χ0v) is 13.7. The second-order valence-electron chi connectivity index (χ2n) is 6.34. The minimum absolute atomic E-state index is 0.183. The fourth-order valence-corrected chi connectivity index (χ4v) is 3.32. The topological polar surface area (TPSA) is 15.3 Å². The molecule has 2 nitrogen and oxygen atoms in total. The molecule has 0 spiro atoms. The van der Waals surface area contributed by atoms with Crippen molar-refractivity contribution in [2.45, 2.75) is 26.8 Å². The number of nitrogens with zero attached hydrogens (tertiary/aromatic N) is 1. The van der Waals surface area contributed by atoms with Gasteiger partial charge in [-0.3, -0.25) is 4.90 Å². The lowest BCUT2D eigenvalue weighted by molar-refractivity contribution is 0.0804.